The highest BCUT2D eigenvalue weighted by Crippen LogP contribution is 2.39. The molecule has 1 aliphatic carbocycles. The molecule has 0 spiro atoms. The molecule has 2 rings (SSSR count). The van der Waals surface area contributed by atoms with Crippen molar-refractivity contribution in [3.63, 3.8) is 0 Å². The molecule has 0 saturated heterocycles. The predicted octanol–water partition coefficient (Wildman–Crippen LogP) is 3.97. The van der Waals surface area contributed by atoms with Gasteiger partial charge < -0.3 is 0 Å². The Hall–Kier alpha value is -0.600. The molecule has 1 fully saturated rings. The van der Waals surface area contributed by atoms with E-state index in [1.807, 2.05) is 0 Å². The van der Waals surface area contributed by atoms with Crippen LogP contribution in [0.5, 0.6) is 0 Å². The van der Waals surface area contributed by atoms with E-state index in [2.05, 4.69) is 0 Å². The number of halogens is 3. The molecule has 1 aliphatic rings. The van der Waals surface area contributed by atoms with Crippen LogP contribution in [0.2, 0.25) is 10.0 Å². The number of hydrogen-bond acceptors (Lipinski definition) is 1. The Morgan fingerprint density at radius 2 is 1.87 bits per heavy atom. The maximum absolute atomic E-state index is 12.9. The van der Waals surface area contributed by atoms with Gasteiger partial charge in [0.15, 0.2) is 0 Å². The zero-order valence-electron chi connectivity index (χ0n) is 7.90. The maximum Gasteiger partial charge on any atom is 0.140 e. The van der Waals surface area contributed by atoms with Gasteiger partial charge in [-0.05, 0) is 30.5 Å². The summed E-state index contributed by atoms with van der Waals surface area (Å²) in [5.41, 5.74) is 0.585. The normalized spacial score (nSPS) is 21.0. The van der Waals surface area contributed by atoms with Crippen molar-refractivity contribution in [2.45, 2.75) is 25.2 Å². The first kappa shape index (κ1) is 10.9. The summed E-state index contributed by atoms with van der Waals surface area (Å²) in [6, 6.07) is 2.41. The molecule has 0 amide bonds. The molecular formula is C11H9Cl2FO. The van der Waals surface area contributed by atoms with Gasteiger partial charge in [-0.3, -0.25) is 4.79 Å². The number of ketones is 1. The van der Waals surface area contributed by atoms with E-state index in [4.69, 9.17) is 23.2 Å². The van der Waals surface area contributed by atoms with Crippen molar-refractivity contribution < 1.29 is 9.18 Å². The zero-order valence-corrected chi connectivity index (χ0v) is 9.41. The summed E-state index contributed by atoms with van der Waals surface area (Å²) in [7, 11) is 0. The van der Waals surface area contributed by atoms with Gasteiger partial charge in [0.05, 0.1) is 0 Å². The standard InChI is InChI=1S/C11H9Cl2FO/c12-8-4-6(14)5-9(13)11(8)7-2-1-3-10(7)15/h4-5,7H,1-3H2. The molecule has 0 bridgehead atoms. The lowest BCUT2D eigenvalue weighted by Crippen LogP contribution is -2.06. The number of carbonyl (C=O) groups is 1. The molecule has 1 nitrogen and oxygen atoms in total. The van der Waals surface area contributed by atoms with Crippen molar-refractivity contribution in [3.8, 4) is 0 Å². The number of rotatable bonds is 1. The summed E-state index contributed by atoms with van der Waals surface area (Å²) in [6.07, 6.45) is 2.17. The summed E-state index contributed by atoms with van der Waals surface area (Å²) < 4.78 is 12.9. The molecule has 1 unspecified atom stereocenters. The average Bonchev–Trinajstić information content (AvgIpc) is 2.50. The fraction of sp³-hybridized carbons (Fsp3) is 0.364. The van der Waals surface area contributed by atoms with E-state index in [0.29, 0.717) is 12.0 Å². The van der Waals surface area contributed by atoms with Crippen LogP contribution in [0.4, 0.5) is 4.39 Å². The molecule has 1 atom stereocenters. The highest BCUT2D eigenvalue weighted by molar-refractivity contribution is 6.36. The number of benzene rings is 1. The SMILES string of the molecule is O=C1CCCC1c1c(Cl)cc(F)cc1Cl. The van der Waals surface area contributed by atoms with Gasteiger partial charge in [0.25, 0.3) is 0 Å². The van der Waals surface area contributed by atoms with Crippen LogP contribution in [-0.4, -0.2) is 5.78 Å². The second-order valence-electron chi connectivity index (χ2n) is 3.69. The zero-order chi connectivity index (χ0) is 11.0. The van der Waals surface area contributed by atoms with Gasteiger partial charge >= 0.3 is 0 Å². The summed E-state index contributed by atoms with van der Waals surface area (Å²) in [5.74, 6) is -0.574. The molecule has 0 radical (unpaired) electrons. The molecule has 0 aromatic heterocycles. The Morgan fingerprint density at radius 3 is 2.33 bits per heavy atom. The Bertz CT molecular complexity index is 394. The summed E-state index contributed by atoms with van der Waals surface area (Å²) in [6.45, 7) is 0. The Labute approximate surface area is 97.2 Å². The molecule has 0 N–H and O–H groups in total. The fourth-order valence-corrected chi connectivity index (χ4v) is 2.73. The predicted molar refractivity (Wildman–Crippen MR) is 58.0 cm³/mol. The van der Waals surface area contributed by atoms with Gasteiger partial charge in [0.2, 0.25) is 0 Å². The Morgan fingerprint density at radius 1 is 1.27 bits per heavy atom. The van der Waals surface area contributed by atoms with Gasteiger partial charge in [-0.1, -0.05) is 23.2 Å². The molecule has 1 saturated carbocycles. The van der Waals surface area contributed by atoms with Crippen LogP contribution in [-0.2, 0) is 4.79 Å². The largest absolute Gasteiger partial charge is 0.299 e. The number of hydrogen-bond donors (Lipinski definition) is 0. The van der Waals surface area contributed by atoms with Crippen LogP contribution < -0.4 is 0 Å². The van der Waals surface area contributed by atoms with Crippen molar-refractivity contribution >= 4 is 29.0 Å². The summed E-state index contributed by atoms with van der Waals surface area (Å²) in [5, 5.41) is 0.500. The van der Waals surface area contributed by atoms with E-state index >= 15 is 0 Å². The van der Waals surface area contributed by atoms with Crippen LogP contribution in [0.1, 0.15) is 30.7 Å². The van der Waals surface area contributed by atoms with Crippen molar-refractivity contribution in [1.82, 2.24) is 0 Å². The molecule has 4 heteroatoms. The third-order valence-corrected chi connectivity index (χ3v) is 3.32. The van der Waals surface area contributed by atoms with E-state index < -0.39 is 5.82 Å². The van der Waals surface area contributed by atoms with Crippen molar-refractivity contribution in [1.29, 1.82) is 0 Å². The van der Waals surface area contributed by atoms with E-state index in [0.717, 1.165) is 12.8 Å². The molecular weight excluding hydrogens is 238 g/mol. The quantitative estimate of drug-likeness (QED) is 0.733. The van der Waals surface area contributed by atoms with Gasteiger partial charge in [-0.2, -0.15) is 0 Å². The van der Waals surface area contributed by atoms with E-state index in [1.54, 1.807) is 0 Å². The first-order chi connectivity index (χ1) is 7.09. The van der Waals surface area contributed by atoms with E-state index in [-0.39, 0.29) is 21.7 Å². The highest BCUT2D eigenvalue weighted by atomic mass is 35.5. The van der Waals surface area contributed by atoms with Crippen molar-refractivity contribution in [3.05, 3.63) is 33.6 Å². The lowest BCUT2D eigenvalue weighted by Gasteiger charge is -2.12. The first-order valence-electron chi connectivity index (χ1n) is 4.76. The average molecular weight is 247 g/mol. The second kappa shape index (κ2) is 4.11. The van der Waals surface area contributed by atoms with Gasteiger partial charge in [0, 0.05) is 22.4 Å². The van der Waals surface area contributed by atoms with Crippen molar-refractivity contribution in [2.75, 3.05) is 0 Å². The fourth-order valence-electron chi connectivity index (χ4n) is 2.01. The molecule has 0 aliphatic heterocycles. The smallest absolute Gasteiger partial charge is 0.140 e. The van der Waals surface area contributed by atoms with Gasteiger partial charge in [0.1, 0.15) is 11.6 Å². The van der Waals surface area contributed by atoms with Crippen LogP contribution in [0.15, 0.2) is 12.1 Å². The molecule has 80 valence electrons. The van der Waals surface area contributed by atoms with E-state index in [9.17, 15) is 9.18 Å². The number of Topliss-reactive ketones (excluding diaryl/α,β-unsaturated/α-hetero) is 1. The van der Waals surface area contributed by atoms with Gasteiger partial charge in [-0.15, -0.1) is 0 Å². The minimum Gasteiger partial charge on any atom is -0.299 e. The molecule has 0 heterocycles. The minimum atomic E-state index is -0.473. The Kier molecular flexibility index (Phi) is 2.98. The lowest BCUT2D eigenvalue weighted by atomic mass is 9.96. The Balaban J connectivity index is 2.47. The summed E-state index contributed by atoms with van der Waals surface area (Å²) in [4.78, 5) is 11.6. The van der Waals surface area contributed by atoms with Crippen LogP contribution in [0, 0.1) is 5.82 Å². The van der Waals surface area contributed by atoms with Crippen LogP contribution in [0.25, 0.3) is 0 Å². The topological polar surface area (TPSA) is 17.1 Å². The third-order valence-electron chi connectivity index (χ3n) is 2.70. The minimum absolute atomic E-state index is 0.144. The second-order valence-corrected chi connectivity index (χ2v) is 4.51. The third kappa shape index (κ3) is 2.01. The molecule has 1 aromatic rings. The van der Waals surface area contributed by atoms with Crippen LogP contribution in [0.3, 0.4) is 0 Å². The maximum atomic E-state index is 12.9. The summed E-state index contributed by atoms with van der Waals surface area (Å²) >= 11 is 11.8. The van der Waals surface area contributed by atoms with Crippen LogP contribution >= 0.6 is 23.2 Å². The van der Waals surface area contributed by atoms with Crippen molar-refractivity contribution in [2.24, 2.45) is 0 Å². The lowest BCUT2D eigenvalue weighted by molar-refractivity contribution is -0.118. The number of carbonyl (C=O) groups excluding carboxylic acids is 1. The monoisotopic (exact) mass is 246 g/mol. The van der Waals surface area contributed by atoms with E-state index in [1.165, 1.54) is 12.1 Å². The molecule has 15 heavy (non-hydrogen) atoms. The van der Waals surface area contributed by atoms with Gasteiger partial charge in [-0.25, -0.2) is 4.39 Å². The highest BCUT2D eigenvalue weighted by Gasteiger charge is 2.29. The molecule has 1 aromatic carbocycles. The first-order valence-corrected chi connectivity index (χ1v) is 5.52.